The van der Waals surface area contributed by atoms with Gasteiger partial charge in [0.2, 0.25) is 5.91 Å². The van der Waals surface area contributed by atoms with Crippen LogP contribution in [0.4, 0.5) is 11.4 Å². The lowest BCUT2D eigenvalue weighted by Gasteiger charge is -2.28. The Morgan fingerprint density at radius 3 is 2.59 bits per heavy atom. The molecule has 0 radical (unpaired) electrons. The van der Waals surface area contributed by atoms with Crippen molar-refractivity contribution in [2.24, 2.45) is 0 Å². The molecular weight excluding hydrogens is 298 g/mol. The van der Waals surface area contributed by atoms with E-state index in [-0.39, 0.29) is 5.91 Å². The van der Waals surface area contributed by atoms with Gasteiger partial charge in [-0.3, -0.25) is 4.79 Å². The van der Waals surface area contributed by atoms with E-state index in [9.17, 15) is 4.79 Å². The number of thiocarbonyl (C=S) groups is 1. The molecule has 2 rings (SSSR count). The number of benzene rings is 1. The van der Waals surface area contributed by atoms with Crippen LogP contribution in [0.15, 0.2) is 24.3 Å². The summed E-state index contributed by atoms with van der Waals surface area (Å²) in [5, 5.41) is 6.08. The van der Waals surface area contributed by atoms with E-state index in [4.69, 9.17) is 17.0 Å². The van der Waals surface area contributed by atoms with Gasteiger partial charge in [-0.25, -0.2) is 0 Å². The maximum atomic E-state index is 11.6. The molecule has 1 fully saturated rings. The molecule has 1 saturated heterocycles. The Labute approximate surface area is 137 Å². The number of hydrogen-bond donors (Lipinski definition) is 2. The Morgan fingerprint density at radius 1 is 1.27 bits per heavy atom. The fraction of sp³-hybridized carbons (Fsp3) is 0.500. The average Bonchev–Trinajstić information content (AvgIpc) is 2.54. The molecule has 2 N–H and O–H groups in total. The molecule has 120 valence electrons. The third-order valence-corrected chi connectivity index (χ3v) is 3.72. The second-order valence-electron chi connectivity index (χ2n) is 5.25. The number of nitrogens with zero attached hydrogens (tertiary/aromatic N) is 1. The number of carbonyl (C=O) groups is 1. The molecule has 0 unspecified atom stereocenters. The van der Waals surface area contributed by atoms with Crippen LogP contribution in [0.1, 0.15) is 26.2 Å². The zero-order valence-electron chi connectivity index (χ0n) is 12.9. The standard InChI is InChI=1S/C16H23N3O2S/c1-2-3-4-15(20)18-16(22)17-13-5-7-14(8-6-13)19-9-11-21-12-10-19/h5-8H,2-4,9-12H2,1H3,(H2,17,18,20,22). The summed E-state index contributed by atoms with van der Waals surface area (Å²) in [6.07, 6.45) is 2.38. The van der Waals surface area contributed by atoms with Crippen LogP contribution < -0.4 is 15.5 Å². The number of carbonyl (C=O) groups excluding carboxylic acids is 1. The van der Waals surface area contributed by atoms with Gasteiger partial charge < -0.3 is 20.3 Å². The molecule has 1 aliphatic rings. The van der Waals surface area contributed by atoms with Crippen molar-refractivity contribution in [3.8, 4) is 0 Å². The highest BCUT2D eigenvalue weighted by molar-refractivity contribution is 7.80. The van der Waals surface area contributed by atoms with Gasteiger partial charge in [-0.15, -0.1) is 0 Å². The van der Waals surface area contributed by atoms with E-state index in [0.29, 0.717) is 11.5 Å². The fourth-order valence-electron chi connectivity index (χ4n) is 2.27. The first-order valence-corrected chi connectivity index (χ1v) is 8.13. The van der Waals surface area contributed by atoms with Gasteiger partial charge in [-0.2, -0.15) is 0 Å². The lowest BCUT2D eigenvalue weighted by atomic mass is 10.2. The minimum absolute atomic E-state index is 0.0377. The molecule has 1 aromatic carbocycles. The van der Waals surface area contributed by atoms with Crippen LogP contribution in [-0.4, -0.2) is 37.3 Å². The van der Waals surface area contributed by atoms with E-state index in [1.54, 1.807) is 0 Å². The SMILES string of the molecule is CCCCC(=O)NC(=S)Nc1ccc(N2CCOCC2)cc1. The zero-order valence-corrected chi connectivity index (χ0v) is 13.7. The molecule has 1 amide bonds. The Kier molecular flexibility index (Phi) is 6.61. The van der Waals surface area contributed by atoms with Gasteiger partial charge in [-0.05, 0) is 42.9 Å². The van der Waals surface area contributed by atoms with Crippen LogP contribution in [0.2, 0.25) is 0 Å². The van der Waals surface area contributed by atoms with Gasteiger partial charge in [0.25, 0.3) is 0 Å². The third kappa shape index (κ3) is 5.27. The van der Waals surface area contributed by atoms with E-state index < -0.39 is 0 Å². The first-order chi connectivity index (χ1) is 10.7. The second-order valence-corrected chi connectivity index (χ2v) is 5.66. The Hall–Kier alpha value is -1.66. The molecule has 22 heavy (non-hydrogen) atoms. The quantitative estimate of drug-likeness (QED) is 0.816. The van der Waals surface area contributed by atoms with Gasteiger partial charge in [0.05, 0.1) is 13.2 Å². The molecule has 0 spiro atoms. The summed E-state index contributed by atoms with van der Waals surface area (Å²) in [7, 11) is 0. The predicted molar refractivity (Wildman–Crippen MR) is 93.4 cm³/mol. The summed E-state index contributed by atoms with van der Waals surface area (Å²) in [6.45, 7) is 5.43. The lowest BCUT2D eigenvalue weighted by Crippen LogP contribution is -2.36. The van der Waals surface area contributed by atoms with E-state index >= 15 is 0 Å². The highest BCUT2D eigenvalue weighted by Gasteiger charge is 2.11. The first-order valence-electron chi connectivity index (χ1n) is 7.72. The van der Waals surface area contributed by atoms with Crippen molar-refractivity contribution in [3.63, 3.8) is 0 Å². The Bertz CT molecular complexity index is 499. The monoisotopic (exact) mass is 321 g/mol. The lowest BCUT2D eigenvalue weighted by molar-refractivity contribution is -0.119. The molecule has 0 bridgehead atoms. The summed E-state index contributed by atoms with van der Waals surface area (Å²) in [5.41, 5.74) is 2.05. The summed E-state index contributed by atoms with van der Waals surface area (Å²) in [4.78, 5) is 13.9. The molecule has 1 heterocycles. The summed E-state index contributed by atoms with van der Waals surface area (Å²) >= 11 is 5.15. The van der Waals surface area contributed by atoms with Gasteiger partial charge in [0, 0.05) is 30.9 Å². The van der Waals surface area contributed by atoms with Crippen molar-refractivity contribution in [1.29, 1.82) is 0 Å². The first kappa shape index (κ1) is 16.7. The van der Waals surface area contributed by atoms with Crippen molar-refractivity contribution in [3.05, 3.63) is 24.3 Å². The molecule has 0 saturated carbocycles. The molecule has 1 aromatic rings. The highest BCUT2D eigenvalue weighted by atomic mass is 32.1. The summed E-state index contributed by atoms with van der Waals surface area (Å²) in [6, 6.07) is 8.04. The number of amides is 1. The molecule has 5 nitrogen and oxygen atoms in total. The van der Waals surface area contributed by atoms with Crippen LogP contribution in [-0.2, 0) is 9.53 Å². The maximum absolute atomic E-state index is 11.6. The molecule has 0 aromatic heterocycles. The van der Waals surface area contributed by atoms with Crippen LogP contribution in [0.25, 0.3) is 0 Å². The second kappa shape index (κ2) is 8.70. The summed E-state index contributed by atoms with van der Waals surface area (Å²) in [5.74, 6) is -0.0377. The number of nitrogens with one attached hydrogen (secondary N) is 2. The minimum atomic E-state index is -0.0377. The number of ether oxygens (including phenoxy) is 1. The molecule has 6 heteroatoms. The number of rotatable bonds is 5. The minimum Gasteiger partial charge on any atom is -0.378 e. The Morgan fingerprint density at radius 2 is 1.95 bits per heavy atom. The van der Waals surface area contributed by atoms with Gasteiger partial charge in [-0.1, -0.05) is 13.3 Å². The van der Waals surface area contributed by atoms with Gasteiger partial charge in [0.1, 0.15) is 0 Å². The van der Waals surface area contributed by atoms with Gasteiger partial charge in [0.15, 0.2) is 5.11 Å². The summed E-state index contributed by atoms with van der Waals surface area (Å²) < 4.78 is 5.35. The molecule has 1 aliphatic heterocycles. The maximum Gasteiger partial charge on any atom is 0.226 e. The zero-order chi connectivity index (χ0) is 15.8. The average molecular weight is 321 g/mol. The smallest absolute Gasteiger partial charge is 0.226 e. The highest BCUT2D eigenvalue weighted by Crippen LogP contribution is 2.18. The fourth-order valence-corrected chi connectivity index (χ4v) is 2.50. The van der Waals surface area contributed by atoms with Crippen molar-refractivity contribution in [2.75, 3.05) is 36.5 Å². The topological polar surface area (TPSA) is 53.6 Å². The number of unbranched alkanes of at least 4 members (excludes halogenated alkanes) is 1. The number of hydrogen-bond acceptors (Lipinski definition) is 4. The van der Waals surface area contributed by atoms with Crippen molar-refractivity contribution < 1.29 is 9.53 Å². The van der Waals surface area contributed by atoms with E-state index in [1.165, 1.54) is 5.69 Å². The van der Waals surface area contributed by atoms with Crippen molar-refractivity contribution in [2.45, 2.75) is 26.2 Å². The van der Waals surface area contributed by atoms with Crippen molar-refractivity contribution >= 4 is 34.6 Å². The van der Waals surface area contributed by atoms with Gasteiger partial charge >= 0.3 is 0 Å². The van der Waals surface area contributed by atoms with Crippen molar-refractivity contribution in [1.82, 2.24) is 5.32 Å². The van der Waals surface area contributed by atoms with Crippen LogP contribution in [0.5, 0.6) is 0 Å². The largest absolute Gasteiger partial charge is 0.378 e. The van der Waals surface area contributed by atoms with Crippen LogP contribution in [0, 0.1) is 0 Å². The van der Waals surface area contributed by atoms with Crippen LogP contribution in [0.3, 0.4) is 0 Å². The molecule has 0 atom stereocenters. The molecular formula is C16H23N3O2S. The Balaban J connectivity index is 1.82. The van der Waals surface area contributed by atoms with E-state index in [1.807, 2.05) is 12.1 Å². The van der Waals surface area contributed by atoms with Crippen LogP contribution >= 0.6 is 12.2 Å². The number of anilines is 2. The molecule has 0 aliphatic carbocycles. The van der Waals surface area contributed by atoms with E-state index in [0.717, 1.165) is 44.8 Å². The predicted octanol–water partition coefficient (Wildman–Crippen LogP) is 2.53. The number of morpholine rings is 1. The third-order valence-electron chi connectivity index (χ3n) is 3.51. The van der Waals surface area contributed by atoms with E-state index in [2.05, 4.69) is 34.6 Å². The normalized spacial score (nSPS) is 14.5.